The predicted molar refractivity (Wildman–Crippen MR) is 96.1 cm³/mol. The summed E-state index contributed by atoms with van der Waals surface area (Å²) < 4.78 is 15.3. The molecule has 132 valence electrons. The van der Waals surface area contributed by atoms with Gasteiger partial charge in [-0.25, -0.2) is 4.98 Å². The molecular weight excluding hydrogens is 342 g/mol. The quantitative estimate of drug-likeness (QED) is 0.646. The highest BCUT2D eigenvalue weighted by atomic mass is 32.1. The van der Waals surface area contributed by atoms with E-state index >= 15 is 0 Å². The van der Waals surface area contributed by atoms with Crippen molar-refractivity contribution in [3.8, 4) is 17.0 Å². The lowest BCUT2D eigenvalue weighted by molar-refractivity contribution is 0.0988. The second-order valence-corrected chi connectivity index (χ2v) is 5.59. The van der Waals surface area contributed by atoms with E-state index in [1.54, 1.807) is 7.11 Å². The van der Waals surface area contributed by atoms with Crippen LogP contribution in [0.2, 0.25) is 0 Å². The Morgan fingerprint density at radius 2 is 2.04 bits per heavy atom. The van der Waals surface area contributed by atoms with Crippen molar-refractivity contribution in [3.63, 3.8) is 0 Å². The van der Waals surface area contributed by atoms with Crippen LogP contribution in [0.15, 0.2) is 46.4 Å². The molecule has 8 heteroatoms. The lowest BCUT2D eigenvalue weighted by atomic mass is 10.2. The Hall–Kier alpha value is -2.71. The number of anilines is 1. The molecule has 0 saturated carbocycles. The third-order valence-electron chi connectivity index (χ3n) is 3.09. The van der Waals surface area contributed by atoms with Gasteiger partial charge < -0.3 is 14.0 Å². The Bertz CT molecular complexity index is 785. The fourth-order valence-electron chi connectivity index (χ4n) is 1.92. The fraction of sp³-hybridized carbons (Fsp3) is 0.235. The lowest BCUT2D eigenvalue weighted by Crippen LogP contribution is -2.10. The van der Waals surface area contributed by atoms with Gasteiger partial charge in [0.2, 0.25) is 5.76 Å². The third kappa shape index (κ3) is 4.88. The molecule has 0 aliphatic carbocycles. The van der Waals surface area contributed by atoms with Gasteiger partial charge in [0.15, 0.2) is 5.13 Å². The summed E-state index contributed by atoms with van der Waals surface area (Å²) in [6, 6.07) is 9.07. The Morgan fingerprint density at radius 3 is 2.72 bits per heavy atom. The molecule has 0 aliphatic heterocycles. The van der Waals surface area contributed by atoms with Crippen LogP contribution >= 0.6 is 11.3 Å². The summed E-state index contributed by atoms with van der Waals surface area (Å²) in [6.07, 6.45) is 1.42. The normalized spacial score (nSPS) is 10.1. The van der Waals surface area contributed by atoms with Crippen molar-refractivity contribution in [1.82, 2.24) is 10.1 Å². The smallest absolute Gasteiger partial charge is 0.296 e. The highest BCUT2D eigenvalue weighted by Gasteiger charge is 2.12. The average Bonchev–Trinajstić information content (AvgIpc) is 3.27. The van der Waals surface area contributed by atoms with Crippen LogP contribution in [0.25, 0.3) is 11.3 Å². The molecule has 0 spiro atoms. The van der Waals surface area contributed by atoms with Crippen molar-refractivity contribution in [2.45, 2.75) is 7.43 Å². The van der Waals surface area contributed by atoms with E-state index in [0.717, 1.165) is 17.0 Å². The summed E-state index contributed by atoms with van der Waals surface area (Å²) in [5.74, 6) is 0.532. The third-order valence-corrected chi connectivity index (χ3v) is 3.85. The van der Waals surface area contributed by atoms with Crippen molar-refractivity contribution >= 4 is 22.4 Å². The molecule has 3 rings (SSSR count). The Labute approximate surface area is 149 Å². The summed E-state index contributed by atoms with van der Waals surface area (Å²) in [7, 11) is 1.63. The van der Waals surface area contributed by atoms with Gasteiger partial charge in [-0.1, -0.05) is 12.6 Å². The molecule has 25 heavy (non-hydrogen) atoms. The van der Waals surface area contributed by atoms with E-state index in [1.807, 2.05) is 29.6 Å². The predicted octanol–water partition coefficient (Wildman–Crippen LogP) is 3.71. The van der Waals surface area contributed by atoms with Gasteiger partial charge in [-0.3, -0.25) is 10.1 Å². The number of carbonyl (C=O) groups is 1. The monoisotopic (exact) mass is 361 g/mol. The molecule has 2 heterocycles. The van der Waals surface area contributed by atoms with Gasteiger partial charge in [-0.15, -0.1) is 11.3 Å². The Balaban J connectivity index is 0.00000225. The molecule has 0 saturated heterocycles. The fourth-order valence-corrected chi connectivity index (χ4v) is 2.63. The van der Waals surface area contributed by atoms with E-state index < -0.39 is 0 Å². The summed E-state index contributed by atoms with van der Waals surface area (Å²) in [6.45, 7) is 1.05. The van der Waals surface area contributed by atoms with Crippen LogP contribution in [-0.4, -0.2) is 36.4 Å². The van der Waals surface area contributed by atoms with Crippen LogP contribution in [0.4, 0.5) is 5.13 Å². The van der Waals surface area contributed by atoms with Crippen molar-refractivity contribution in [2.24, 2.45) is 0 Å². The number of amides is 1. The SMILES string of the molecule is C.COCCOc1ccc(-c2csc(NC(=O)c3ccno3)n2)cc1. The number of rotatable bonds is 7. The van der Waals surface area contributed by atoms with Crippen LogP contribution in [0.5, 0.6) is 5.75 Å². The summed E-state index contributed by atoms with van der Waals surface area (Å²) in [5, 5.41) is 8.54. The van der Waals surface area contributed by atoms with Gasteiger partial charge in [-0.05, 0) is 24.3 Å². The number of thiazole rings is 1. The molecular formula is C17H19N3O4S. The van der Waals surface area contributed by atoms with Gasteiger partial charge in [0.25, 0.3) is 5.91 Å². The van der Waals surface area contributed by atoms with E-state index in [2.05, 4.69) is 15.5 Å². The average molecular weight is 361 g/mol. The molecule has 0 unspecified atom stereocenters. The number of nitrogens with zero attached hydrogens (tertiary/aromatic N) is 2. The molecule has 7 nitrogen and oxygen atoms in total. The maximum Gasteiger partial charge on any atom is 0.296 e. The van der Waals surface area contributed by atoms with E-state index in [1.165, 1.54) is 23.6 Å². The second-order valence-electron chi connectivity index (χ2n) is 4.73. The molecule has 0 fully saturated rings. The maximum absolute atomic E-state index is 11.9. The van der Waals surface area contributed by atoms with Crippen molar-refractivity contribution < 1.29 is 18.8 Å². The number of nitrogens with one attached hydrogen (secondary N) is 1. The molecule has 0 atom stereocenters. The zero-order valence-corrected chi connectivity index (χ0v) is 13.7. The second kappa shape index (κ2) is 8.95. The molecule has 0 bridgehead atoms. The van der Waals surface area contributed by atoms with E-state index in [-0.39, 0.29) is 19.1 Å². The highest BCUT2D eigenvalue weighted by molar-refractivity contribution is 7.14. The zero-order valence-electron chi connectivity index (χ0n) is 12.9. The van der Waals surface area contributed by atoms with Crippen LogP contribution in [0, 0.1) is 0 Å². The first-order chi connectivity index (χ1) is 11.8. The van der Waals surface area contributed by atoms with Gasteiger partial charge >= 0.3 is 0 Å². The number of hydrogen-bond acceptors (Lipinski definition) is 7. The molecule has 1 amide bonds. The van der Waals surface area contributed by atoms with Crippen LogP contribution in [-0.2, 0) is 4.74 Å². The largest absolute Gasteiger partial charge is 0.491 e. The summed E-state index contributed by atoms with van der Waals surface area (Å²) in [5.41, 5.74) is 1.71. The van der Waals surface area contributed by atoms with Gasteiger partial charge in [0, 0.05) is 24.1 Å². The number of carbonyl (C=O) groups excluding carboxylic acids is 1. The van der Waals surface area contributed by atoms with Crippen LogP contribution < -0.4 is 10.1 Å². The number of ether oxygens (including phenoxy) is 2. The molecule has 3 aromatic rings. The van der Waals surface area contributed by atoms with E-state index in [0.29, 0.717) is 18.3 Å². The number of methoxy groups -OCH3 is 1. The summed E-state index contributed by atoms with van der Waals surface area (Å²) in [4.78, 5) is 16.3. The van der Waals surface area contributed by atoms with Crippen molar-refractivity contribution in [3.05, 3.63) is 47.7 Å². The Morgan fingerprint density at radius 1 is 1.24 bits per heavy atom. The number of hydrogen-bond donors (Lipinski definition) is 1. The van der Waals surface area contributed by atoms with Gasteiger partial charge in [-0.2, -0.15) is 0 Å². The van der Waals surface area contributed by atoms with Crippen LogP contribution in [0.1, 0.15) is 18.0 Å². The Kier molecular flexibility index (Phi) is 6.67. The van der Waals surface area contributed by atoms with Crippen molar-refractivity contribution in [2.75, 3.05) is 25.6 Å². The number of benzene rings is 1. The maximum atomic E-state index is 11.9. The molecule has 2 aromatic heterocycles. The minimum absolute atomic E-state index is 0. The van der Waals surface area contributed by atoms with Crippen LogP contribution in [0.3, 0.4) is 0 Å². The molecule has 0 aliphatic rings. The molecule has 1 aromatic carbocycles. The van der Waals surface area contributed by atoms with E-state index in [4.69, 9.17) is 14.0 Å². The lowest BCUT2D eigenvalue weighted by Gasteiger charge is -2.05. The minimum Gasteiger partial charge on any atom is -0.491 e. The standard InChI is InChI=1S/C16H15N3O4S.CH4/c1-21-8-9-22-12-4-2-11(3-5-12)13-10-24-16(18-13)19-15(20)14-6-7-17-23-14;/h2-7,10H,8-9H2,1H3,(H,18,19,20);1H4. The van der Waals surface area contributed by atoms with Gasteiger partial charge in [0.1, 0.15) is 12.4 Å². The van der Waals surface area contributed by atoms with Gasteiger partial charge in [0.05, 0.1) is 18.5 Å². The first-order valence-corrected chi connectivity index (χ1v) is 8.04. The first kappa shape index (κ1) is 18.6. The topological polar surface area (TPSA) is 86.5 Å². The zero-order chi connectivity index (χ0) is 16.8. The van der Waals surface area contributed by atoms with Crippen molar-refractivity contribution in [1.29, 1.82) is 0 Å². The molecule has 1 N–H and O–H groups in total. The molecule has 0 radical (unpaired) electrons. The number of aromatic nitrogens is 2. The minimum atomic E-state index is -0.379. The van der Waals surface area contributed by atoms with E-state index in [9.17, 15) is 4.79 Å². The first-order valence-electron chi connectivity index (χ1n) is 7.16. The summed E-state index contributed by atoms with van der Waals surface area (Å²) >= 11 is 1.34. The highest BCUT2D eigenvalue weighted by Crippen LogP contribution is 2.26.